The zero-order valence-electron chi connectivity index (χ0n) is 9.75. The van der Waals surface area contributed by atoms with Gasteiger partial charge < -0.3 is 9.47 Å². The average molecular weight is 253 g/mol. The van der Waals surface area contributed by atoms with E-state index in [9.17, 15) is 4.79 Å². The molecule has 3 nitrogen and oxygen atoms in total. The van der Waals surface area contributed by atoms with Crippen LogP contribution in [0.15, 0.2) is 29.5 Å². The monoisotopic (exact) mass is 252 g/mol. The van der Waals surface area contributed by atoms with E-state index in [-0.39, 0.29) is 5.97 Å². The molecule has 0 bridgehead atoms. The maximum Gasteiger partial charge on any atom is 0.337 e. The van der Waals surface area contributed by atoms with Crippen molar-refractivity contribution in [2.24, 2.45) is 0 Å². The van der Waals surface area contributed by atoms with Crippen LogP contribution in [-0.2, 0) is 16.0 Å². The van der Waals surface area contributed by atoms with E-state index in [1.807, 2.05) is 12.1 Å². The first kappa shape index (κ1) is 12.0. The molecule has 0 aromatic heterocycles. The lowest BCUT2D eigenvalue weighted by atomic mass is 10.0. The summed E-state index contributed by atoms with van der Waals surface area (Å²) in [6, 6.07) is 5.38. The van der Waals surface area contributed by atoms with Crippen molar-refractivity contribution in [3.63, 3.8) is 0 Å². The predicted octanol–water partition coefficient (Wildman–Crippen LogP) is 3.11. The summed E-state index contributed by atoms with van der Waals surface area (Å²) in [6.07, 6.45) is 0.501. The molecule has 90 valence electrons. The Hall–Kier alpha value is -1.48. The molecule has 4 heteroatoms. The molecule has 1 heterocycles. The van der Waals surface area contributed by atoms with Crippen molar-refractivity contribution < 1.29 is 14.3 Å². The highest BCUT2D eigenvalue weighted by Gasteiger charge is 2.23. The molecule has 0 spiro atoms. The molecule has 0 saturated heterocycles. The minimum atomic E-state index is -0.323. The molecule has 0 atom stereocenters. The van der Waals surface area contributed by atoms with Crippen LogP contribution in [0, 0.1) is 0 Å². The highest BCUT2D eigenvalue weighted by Crippen LogP contribution is 2.32. The second kappa shape index (κ2) is 4.80. The zero-order valence-corrected chi connectivity index (χ0v) is 10.5. The van der Waals surface area contributed by atoms with Crippen molar-refractivity contribution in [1.82, 2.24) is 0 Å². The zero-order chi connectivity index (χ0) is 12.4. The van der Waals surface area contributed by atoms with Gasteiger partial charge in [-0.1, -0.05) is 11.6 Å². The van der Waals surface area contributed by atoms with Crippen LogP contribution in [-0.4, -0.2) is 12.6 Å². The first-order valence-corrected chi connectivity index (χ1v) is 5.82. The molecule has 0 aliphatic carbocycles. The molecule has 2 rings (SSSR count). The largest absolute Gasteiger partial charge is 0.463 e. The van der Waals surface area contributed by atoms with Crippen molar-refractivity contribution >= 4 is 17.6 Å². The number of allylic oxidation sites excluding steroid dienone is 1. The molecule has 0 unspecified atom stereocenters. The minimum Gasteiger partial charge on any atom is -0.463 e. The third-order valence-electron chi connectivity index (χ3n) is 2.60. The van der Waals surface area contributed by atoms with Gasteiger partial charge in [0.05, 0.1) is 12.2 Å². The minimum absolute atomic E-state index is 0.323. The second-order valence-electron chi connectivity index (χ2n) is 3.79. The Morgan fingerprint density at radius 3 is 3.00 bits per heavy atom. The van der Waals surface area contributed by atoms with E-state index >= 15 is 0 Å². The molecule has 1 aliphatic heterocycles. The van der Waals surface area contributed by atoms with Gasteiger partial charge in [0, 0.05) is 17.0 Å². The first-order chi connectivity index (χ1) is 8.11. The summed E-state index contributed by atoms with van der Waals surface area (Å²) in [5.41, 5.74) is 1.47. The number of hydrogen-bond acceptors (Lipinski definition) is 3. The lowest BCUT2D eigenvalue weighted by Crippen LogP contribution is -2.17. The van der Waals surface area contributed by atoms with Gasteiger partial charge in [-0.15, -0.1) is 0 Å². The van der Waals surface area contributed by atoms with Crippen LogP contribution in [0.4, 0.5) is 0 Å². The van der Waals surface area contributed by atoms with Gasteiger partial charge in [-0.3, -0.25) is 0 Å². The van der Waals surface area contributed by atoms with E-state index in [1.165, 1.54) is 0 Å². The van der Waals surface area contributed by atoms with Crippen molar-refractivity contribution in [2.45, 2.75) is 20.3 Å². The number of fused-ring (bicyclic) bond motifs is 1. The maximum atomic E-state index is 11.7. The lowest BCUT2D eigenvalue weighted by Gasteiger charge is -2.20. The molecule has 17 heavy (non-hydrogen) atoms. The van der Waals surface area contributed by atoms with Crippen molar-refractivity contribution in [1.29, 1.82) is 0 Å². The Morgan fingerprint density at radius 1 is 1.53 bits per heavy atom. The molecular weight excluding hydrogens is 240 g/mol. The van der Waals surface area contributed by atoms with Crippen LogP contribution >= 0.6 is 11.6 Å². The number of benzene rings is 1. The molecule has 1 aliphatic rings. The fourth-order valence-corrected chi connectivity index (χ4v) is 1.96. The van der Waals surface area contributed by atoms with Gasteiger partial charge in [0.25, 0.3) is 0 Å². The van der Waals surface area contributed by atoms with Crippen LogP contribution in [0.2, 0.25) is 5.02 Å². The Morgan fingerprint density at radius 2 is 2.29 bits per heavy atom. The quantitative estimate of drug-likeness (QED) is 0.759. The van der Waals surface area contributed by atoms with Gasteiger partial charge in [-0.2, -0.15) is 0 Å². The average Bonchev–Trinajstić information content (AvgIpc) is 2.29. The third kappa shape index (κ3) is 2.44. The number of halogens is 1. The van der Waals surface area contributed by atoms with Gasteiger partial charge in [0.2, 0.25) is 0 Å². The number of ether oxygens (including phenoxy) is 2. The van der Waals surface area contributed by atoms with Crippen LogP contribution < -0.4 is 4.74 Å². The first-order valence-electron chi connectivity index (χ1n) is 5.45. The number of esters is 1. The van der Waals surface area contributed by atoms with E-state index in [2.05, 4.69) is 0 Å². The Kier molecular flexibility index (Phi) is 3.38. The van der Waals surface area contributed by atoms with Crippen molar-refractivity contribution in [3.05, 3.63) is 40.1 Å². The van der Waals surface area contributed by atoms with Crippen molar-refractivity contribution in [2.75, 3.05) is 6.61 Å². The molecule has 1 aromatic carbocycles. The number of carbonyl (C=O) groups excluding carboxylic acids is 1. The maximum absolute atomic E-state index is 11.7. The molecule has 0 fully saturated rings. The summed E-state index contributed by atoms with van der Waals surface area (Å²) in [6.45, 7) is 3.91. The molecule has 0 radical (unpaired) electrons. The second-order valence-corrected chi connectivity index (χ2v) is 4.22. The summed E-state index contributed by atoms with van der Waals surface area (Å²) in [7, 11) is 0. The van der Waals surface area contributed by atoms with Gasteiger partial charge in [0.1, 0.15) is 11.5 Å². The number of carbonyl (C=O) groups is 1. The number of hydrogen-bond donors (Lipinski definition) is 0. The Balaban J connectivity index is 2.30. The summed E-state index contributed by atoms with van der Waals surface area (Å²) < 4.78 is 10.6. The van der Waals surface area contributed by atoms with Crippen LogP contribution in [0.5, 0.6) is 5.75 Å². The Bertz CT molecular complexity index is 491. The van der Waals surface area contributed by atoms with E-state index in [0.717, 1.165) is 11.3 Å². The van der Waals surface area contributed by atoms with E-state index in [0.29, 0.717) is 29.4 Å². The molecule has 1 aromatic rings. The fraction of sp³-hybridized carbons (Fsp3) is 0.308. The van der Waals surface area contributed by atoms with Gasteiger partial charge >= 0.3 is 5.97 Å². The van der Waals surface area contributed by atoms with Gasteiger partial charge in [0.15, 0.2) is 0 Å². The predicted molar refractivity (Wildman–Crippen MR) is 65.1 cm³/mol. The van der Waals surface area contributed by atoms with Crippen LogP contribution in [0.25, 0.3) is 0 Å². The molecular formula is C13H13ClO3. The SMILES string of the molecule is CCOC(=O)C1=C(C)Oc2ccc(Cl)cc2C1. The number of rotatable bonds is 2. The Labute approximate surface area is 105 Å². The highest BCUT2D eigenvalue weighted by atomic mass is 35.5. The fourth-order valence-electron chi connectivity index (χ4n) is 1.76. The van der Waals surface area contributed by atoms with Crippen LogP contribution in [0.3, 0.4) is 0 Å². The molecule has 0 saturated carbocycles. The summed E-state index contributed by atoms with van der Waals surface area (Å²) in [5, 5.41) is 0.634. The lowest BCUT2D eigenvalue weighted by molar-refractivity contribution is -0.138. The van der Waals surface area contributed by atoms with Crippen LogP contribution in [0.1, 0.15) is 19.4 Å². The van der Waals surface area contributed by atoms with Crippen molar-refractivity contribution in [3.8, 4) is 5.75 Å². The van der Waals surface area contributed by atoms with Gasteiger partial charge in [-0.05, 0) is 32.0 Å². The normalized spacial score (nSPS) is 14.1. The smallest absolute Gasteiger partial charge is 0.337 e. The summed E-state index contributed by atoms with van der Waals surface area (Å²) >= 11 is 5.91. The summed E-state index contributed by atoms with van der Waals surface area (Å²) in [4.78, 5) is 11.7. The van der Waals surface area contributed by atoms with Gasteiger partial charge in [-0.25, -0.2) is 4.79 Å². The standard InChI is InChI=1S/C13H13ClO3/c1-3-16-13(15)11-7-9-6-10(14)4-5-12(9)17-8(11)2/h4-6H,3,7H2,1-2H3. The van der Waals surface area contributed by atoms with E-state index in [1.54, 1.807) is 19.9 Å². The molecule has 0 N–H and O–H groups in total. The topological polar surface area (TPSA) is 35.5 Å². The van der Waals surface area contributed by atoms with E-state index in [4.69, 9.17) is 21.1 Å². The molecule has 0 amide bonds. The highest BCUT2D eigenvalue weighted by molar-refractivity contribution is 6.30. The van der Waals surface area contributed by atoms with E-state index < -0.39 is 0 Å². The third-order valence-corrected chi connectivity index (χ3v) is 2.83. The summed E-state index contributed by atoms with van der Waals surface area (Å²) in [5.74, 6) is 1.02.